The highest BCUT2D eigenvalue weighted by molar-refractivity contribution is 5.02. The van der Waals surface area contributed by atoms with Crippen molar-refractivity contribution in [2.24, 2.45) is 15.3 Å². The van der Waals surface area contributed by atoms with E-state index in [1.165, 1.54) is 0 Å². The molecule has 2 N–H and O–H groups in total. The van der Waals surface area contributed by atoms with Crippen LogP contribution in [0.15, 0.2) is 15.3 Å². The molecule has 2 rings (SSSR count). The van der Waals surface area contributed by atoms with E-state index in [0.717, 1.165) is 12.8 Å². The summed E-state index contributed by atoms with van der Waals surface area (Å²) in [5, 5.41) is 31.7. The molecule has 1 saturated carbocycles. The number of aliphatic hydroxyl groups is 2. The number of halogens is 1. The van der Waals surface area contributed by atoms with Gasteiger partial charge in [0.2, 0.25) is 0 Å². The molecule has 0 aromatic rings. The molecule has 0 aromatic carbocycles. The molecule has 0 bridgehead atoms. The first-order chi connectivity index (χ1) is 17.4. The van der Waals surface area contributed by atoms with Crippen LogP contribution in [-0.2, 0) is 18.9 Å². The Kier molecular flexibility index (Phi) is 13.0. The fourth-order valence-electron chi connectivity index (χ4n) is 4.20. The molecule has 0 amide bonds. The van der Waals surface area contributed by atoms with E-state index in [-0.39, 0.29) is 26.2 Å². The molecular formula is C20H34FN9O6. The van der Waals surface area contributed by atoms with Crippen molar-refractivity contribution in [1.82, 2.24) is 0 Å². The summed E-state index contributed by atoms with van der Waals surface area (Å²) in [5.74, 6) is 0. The van der Waals surface area contributed by atoms with Gasteiger partial charge in [0, 0.05) is 27.9 Å². The van der Waals surface area contributed by atoms with Crippen molar-refractivity contribution >= 4 is 0 Å². The lowest BCUT2D eigenvalue weighted by molar-refractivity contribution is -0.321. The lowest BCUT2D eigenvalue weighted by Gasteiger charge is -2.46. The predicted molar refractivity (Wildman–Crippen MR) is 124 cm³/mol. The second-order valence-corrected chi connectivity index (χ2v) is 8.64. The molecule has 0 spiro atoms. The zero-order chi connectivity index (χ0) is 26.5. The van der Waals surface area contributed by atoms with Crippen LogP contribution in [0, 0.1) is 0 Å². The van der Waals surface area contributed by atoms with Crippen molar-refractivity contribution in [2.75, 3.05) is 19.8 Å². The maximum Gasteiger partial charge on any atom is 0.187 e. The van der Waals surface area contributed by atoms with Gasteiger partial charge in [-0.3, -0.25) is 0 Å². The van der Waals surface area contributed by atoms with Gasteiger partial charge in [-0.05, 0) is 35.9 Å². The van der Waals surface area contributed by atoms with E-state index in [2.05, 4.69) is 30.1 Å². The summed E-state index contributed by atoms with van der Waals surface area (Å²) in [6, 6.07) is -2.12. The normalized spacial score (nSPS) is 36.2. The number of unbranched alkanes of at least 4 members (excludes halogenated alkanes) is 2. The Morgan fingerprint density at radius 1 is 0.889 bits per heavy atom. The molecule has 1 heterocycles. The molecule has 0 unspecified atom stereocenters. The summed E-state index contributed by atoms with van der Waals surface area (Å²) in [4.78, 5) is 8.13. The highest BCUT2D eigenvalue weighted by atomic mass is 19.1. The van der Waals surface area contributed by atoms with Gasteiger partial charge in [0.15, 0.2) is 12.5 Å². The second kappa shape index (κ2) is 15.7. The SMILES string of the molecule is CCCCO[C@H]1[C@@H](O[C@H]2[C@H](O)[C@@H](O)[C@H](N=[N+]=[N-])C[C@@H]2N=[N+]=[N-])O[C@H](CN=[N+]=[N-])[C@@H](OCCCC)[C@@H]1F. The quantitative estimate of drug-likeness (QED) is 0.152. The molecule has 16 heteroatoms. The molecule has 1 saturated heterocycles. The van der Waals surface area contributed by atoms with Crippen LogP contribution in [0.5, 0.6) is 0 Å². The molecule has 15 nitrogen and oxygen atoms in total. The summed E-state index contributed by atoms with van der Waals surface area (Å²) in [6.07, 6.45) is -8.23. The number of ether oxygens (including phenoxy) is 4. The van der Waals surface area contributed by atoms with Gasteiger partial charge < -0.3 is 29.2 Å². The third kappa shape index (κ3) is 7.81. The smallest absolute Gasteiger partial charge is 0.187 e. The molecule has 10 atom stereocenters. The maximum atomic E-state index is 15.8. The third-order valence-corrected chi connectivity index (χ3v) is 6.15. The van der Waals surface area contributed by atoms with Gasteiger partial charge in [0.25, 0.3) is 0 Å². The van der Waals surface area contributed by atoms with Crippen molar-refractivity contribution in [1.29, 1.82) is 0 Å². The minimum absolute atomic E-state index is 0.116. The molecule has 2 fully saturated rings. The minimum atomic E-state index is -1.74. The summed E-state index contributed by atoms with van der Waals surface area (Å²) in [6.45, 7) is 4.12. The Morgan fingerprint density at radius 2 is 1.50 bits per heavy atom. The predicted octanol–water partition coefficient (Wildman–Crippen LogP) is 3.60. The number of rotatable bonds is 14. The number of alkyl halides is 1. The first-order valence-corrected chi connectivity index (χ1v) is 12.1. The fourth-order valence-corrected chi connectivity index (χ4v) is 4.20. The van der Waals surface area contributed by atoms with Gasteiger partial charge in [0.05, 0.1) is 36.9 Å². The van der Waals surface area contributed by atoms with Crippen LogP contribution in [-0.4, -0.2) is 91.1 Å². The van der Waals surface area contributed by atoms with E-state index in [1.54, 1.807) is 0 Å². The van der Waals surface area contributed by atoms with E-state index in [4.69, 9.17) is 35.5 Å². The molecule has 1 aliphatic heterocycles. The Balaban J connectivity index is 2.34. The molecule has 2 aliphatic rings. The summed E-state index contributed by atoms with van der Waals surface area (Å²) in [5.41, 5.74) is 26.5. The first-order valence-electron chi connectivity index (χ1n) is 12.1. The second-order valence-electron chi connectivity index (χ2n) is 8.64. The molecular weight excluding hydrogens is 481 g/mol. The summed E-state index contributed by atoms with van der Waals surface area (Å²) >= 11 is 0. The van der Waals surface area contributed by atoms with Gasteiger partial charge >= 0.3 is 0 Å². The topological polar surface area (TPSA) is 224 Å². The highest BCUT2D eigenvalue weighted by Crippen LogP contribution is 2.34. The van der Waals surface area contributed by atoms with E-state index in [9.17, 15) is 10.2 Å². The van der Waals surface area contributed by atoms with E-state index < -0.39 is 61.2 Å². The highest BCUT2D eigenvalue weighted by Gasteiger charge is 2.52. The maximum absolute atomic E-state index is 15.8. The van der Waals surface area contributed by atoms with Crippen LogP contribution in [0.1, 0.15) is 46.0 Å². The zero-order valence-corrected chi connectivity index (χ0v) is 20.4. The van der Waals surface area contributed by atoms with Gasteiger partial charge in [0.1, 0.15) is 18.3 Å². The molecule has 1 aliphatic carbocycles. The van der Waals surface area contributed by atoms with Gasteiger partial charge in [-0.25, -0.2) is 4.39 Å². The Labute approximate surface area is 207 Å². The summed E-state index contributed by atoms with van der Waals surface area (Å²) < 4.78 is 39.2. The Bertz CT molecular complexity index is 823. The number of azide groups is 3. The van der Waals surface area contributed by atoms with E-state index in [0.29, 0.717) is 12.8 Å². The van der Waals surface area contributed by atoms with Crippen molar-refractivity contribution < 1.29 is 33.6 Å². The van der Waals surface area contributed by atoms with Crippen LogP contribution in [0.4, 0.5) is 4.39 Å². The lowest BCUT2D eigenvalue weighted by atomic mass is 9.84. The molecule has 36 heavy (non-hydrogen) atoms. The van der Waals surface area contributed by atoms with Crippen molar-refractivity contribution in [3.8, 4) is 0 Å². The average Bonchev–Trinajstić information content (AvgIpc) is 2.86. The average molecular weight is 516 g/mol. The Hall–Kier alpha value is -2.38. The monoisotopic (exact) mass is 515 g/mol. The van der Waals surface area contributed by atoms with E-state index >= 15 is 4.39 Å². The lowest BCUT2D eigenvalue weighted by Crippen LogP contribution is -2.63. The standard InChI is InChI=1S/C20H34FN9O6/c1-3-5-7-33-18-13(10-25-28-22)35-20(19(14(18)21)34-8-6-4-2)36-17-12(27-30-24)9-11(26-29-23)15(31)16(17)32/h11-20,31-32H,3-10H2,1-2H3/t11-,12+,13-,14+,15+,16-,17-,18-,19-,20-/m1/s1. The number of hydrogen-bond donors (Lipinski definition) is 2. The fraction of sp³-hybridized carbons (Fsp3) is 1.00. The van der Waals surface area contributed by atoms with Crippen LogP contribution in [0.25, 0.3) is 31.3 Å². The number of hydrogen-bond acceptors (Lipinski definition) is 9. The molecule has 0 radical (unpaired) electrons. The van der Waals surface area contributed by atoms with Crippen LogP contribution < -0.4 is 0 Å². The van der Waals surface area contributed by atoms with Crippen molar-refractivity contribution in [2.45, 2.75) is 107 Å². The van der Waals surface area contributed by atoms with Gasteiger partial charge in [-0.1, -0.05) is 42.0 Å². The van der Waals surface area contributed by atoms with E-state index in [1.807, 2.05) is 13.8 Å². The van der Waals surface area contributed by atoms with Crippen molar-refractivity contribution in [3.05, 3.63) is 31.3 Å². The van der Waals surface area contributed by atoms with Gasteiger partial charge in [-0.2, -0.15) is 0 Å². The van der Waals surface area contributed by atoms with Crippen LogP contribution in [0.2, 0.25) is 0 Å². The Morgan fingerprint density at radius 3 is 2.08 bits per heavy atom. The first kappa shape index (κ1) is 29.8. The molecule has 0 aromatic heterocycles. The van der Waals surface area contributed by atoms with Crippen molar-refractivity contribution in [3.63, 3.8) is 0 Å². The van der Waals surface area contributed by atoms with Gasteiger partial charge in [-0.15, -0.1) is 0 Å². The third-order valence-electron chi connectivity index (χ3n) is 6.15. The molecule has 202 valence electrons. The number of nitrogens with zero attached hydrogens (tertiary/aromatic N) is 9. The minimum Gasteiger partial charge on any atom is -0.390 e. The van der Waals surface area contributed by atoms with Crippen LogP contribution in [0.3, 0.4) is 0 Å². The summed E-state index contributed by atoms with van der Waals surface area (Å²) in [7, 11) is 0. The van der Waals surface area contributed by atoms with Crippen LogP contribution >= 0.6 is 0 Å². The number of aliphatic hydroxyl groups excluding tert-OH is 2. The largest absolute Gasteiger partial charge is 0.390 e. The zero-order valence-electron chi connectivity index (χ0n) is 20.4.